The molecule has 5 heteroatoms. The molecule has 0 aliphatic heterocycles. The average molecular weight is 202 g/mol. The summed E-state index contributed by atoms with van der Waals surface area (Å²) in [6.07, 6.45) is 1.85. The summed E-state index contributed by atoms with van der Waals surface area (Å²) in [5, 5.41) is 6.01. The van der Waals surface area contributed by atoms with Gasteiger partial charge in [-0.2, -0.15) is 0 Å². The van der Waals surface area contributed by atoms with Crippen LogP contribution in [0, 0.1) is 0 Å². The summed E-state index contributed by atoms with van der Waals surface area (Å²) in [6.45, 7) is 1.31. The number of nitrogens with zero attached hydrogens (tertiary/aromatic N) is 1. The molecule has 0 bridgehead atoms. The molecule has 0 aliphatic rings. The van der Waals surface area contributed by atoms with Crippen molar-refractivity contribution in [3.63, 3.8) is 0 Å². The van der Waals surface area contributed by atoms with Crippen molar-refractivity contribution in [3.05, 3.63) is 11.6 Å². The monoisotopic (exact) mass is 202 g/mol. The third-order valence-electron chi connectivity index (χ3n) is 1.60. The lowest BCUT2D eigenvalue weighted by atomic mass is 10.4. The molecular weight excluding hydrogens is 188 g/mol. The van der Waals surface area contributed by atoms with Crippen LogP contribution in [0.1, 0.15) is 0 Å². The molecule has 0 radical (unpaired) electrons. The molecule has 1 atom stereocenters. The molecule has 74 valence electrons. The molecule has 0 fully saturated rings. The number of nitrogens with one attached hydrogen (secondary N) is 1. The highest BCUT2D eigenvalue weighted by Gasteiger charge is 2.06. The molecule has 0 spiro atoms. The van der Waals surface area contributed by atoms with E-state index < -0.39 is 0 Å². The zero-order valence-corrected chi connectivity index (χ0v) is 8.63. The van der Waals surface area contributed by atoms with E-state index in [1.807, 2.05) is 5.38 Å². The van der Waals surface area contributed by atoms with E-state index in [0.717, 1.165) is 11.7 Å². The summed E-state index contributed by atoms with van der Waals surface area (Å²) in [5.41, 5.74) is 0. The fraction of sp³-hybridized carbons (Fsp3) is 0.625. The van der Waals surface area contributed by atoms with Gasteiger partial charge in [0.15, 0.2) is 5.13 Å². The Morgan fingerprint density at radius 2 is 2.46 bits per heavy atom. The molecule has 4 nitrogen and oxygen atoms in total. The third-order valence-corrected chi connectivity index (χ3v) is 2.33. The number of ether oxygens (including phenoxy) is 2. The smallest absolute Gasteiger partial charge is 0.182 e. The van der Waals surface area contributed by atoms with Gasteiger partial charge in [-0.1, -0.05) is 0 Å². The van der Waals surface area contributed by atoms with Crippen molar-refractivity contribution < 1.29 is 9.47 Å². The van der Waals surface area contributed by atoms with Gasteiger partial charge in [0, 0.05) is 32.3 Å². The van der Waals surface area contributed by atoms with Gasteiger partial charge in [-0.25, -0.2) is 4.98 Å². The molecule has 1 N–H and O–H groups in total. The fourth-order valence-electron chi connectivity index (χ4n) is 0.908. The van der Waals surface area contributed by atoms with E-state index in [2.05, 4.69) is 10.3 Å². The van der Waals surface area contributed by atoms with Gasteiger partial charge in [0.25, 0.3) is 0 Å². The second kappa shape index (κ2) is 5.90. The lowest BCUT2D eigenvalue weighted by Gasteiger charge is -2.14. The van der Waals surface area contributed by atoms with Crippen LogP contribution in [0.25, 0.3) is 0 Å². The average Bonchev–Trinajstić information content (AvgIpc) is 2.64. The van der Waals surface area contributed by atoms with Gasteiger partial charge >= 0.3 is 0 Å². The Kier molecular flexibility index (Phi) is 4.74. The highest BCUT2D eigenvalue weighted by atomic mass is 32.1. The van der Waals surface area contributed by atoms with Gasteiger partial charge in [0.05, 0.1) is 12.7 Å². The van der Waals surface area contributed by atoms with Gasteiger partial charge in [-0.05, 0) is 0 Å². The molecule has 1 aromatic rings. The zero-order chi connectivity index (χ0) is 9.52. The Balaban J connectivity index is 2.23. The van der Waals surface area contributed by atoms with Gasteiger partial charge in [0.1, 0.15) is 0 Å². The number of methoxy groups -OCH3 is 2. The molecule has 1 rings (SSSR count). The van der Waals surface area contributed by atoms with Crippen LogP contribution in [0.3, 0.4) is 0 Å². The standard InChI is InChI=1S/C8H14N2O2S/c1-11-6-7(12-2)5-10-8-9-3-4-13-8/h3-4,7H,5-6H2,1-2H3,(H,9,10). The Morgan fingerprint density at radius 3 is 3.00 bits per heavy atom. The van der Waals surface area contributed by atoms with Crippen molar-refractivity contribution in [2.75, 3.05) is 32.7 Å². The van der Waals surface area contributed by atoms with Crippen molar-refractivity contribution in [1.29, 1.82) is 0 Å². The number of thiazole rings is 1. The summed E-state index contributed by atoms with van der Waals surface area (Å²) in [5.74, 6) is 0. The first kappa shape index (κ1) is 10.4. The van der Waals surface area contributed by atoms with E-state index in [1.165, 1.54) is 0 Å². The van der Waals surface area contributed by atoms with Crippen LogP contribution in [0.4, 0.5) is 5.13 Å². The maximum absolute atomic E-state index is 5.18. The Labute approximate surface area is 81.9 Å². The van der Waals surface area contributed by atoms with E-state index in [-0.39, 0.29) is 6.10 Å². The van der Waals surface area contributed by atoms with E-state index >= 15 is 0 Å². The maximum atomic E-state index is 5.18. The minimum absolute atomic E-state index is 0.0777. The first-order valence-electron chi connectivity index (χ1n) is 4.02. The van der Waals surface area contributed by atoms with Gasteiger partial charge < -0.3 is 14.8 Å². The van der Waals surface area contributed by atoms with Gasteiger partial charge in [0.2, 0.25) is 0 Å². The van der Waals surface area contributed by atoms with E-state index in [1.54, 1.807) is 31.8 Å². The van der Waals surface area contributed by atoms with Crippen LogP contribution in [0.15, 0.2) is 11.6 Å². The third kappa shape index (κ3) is 3.71. The summed E-state index contributed by atoms with van der Waals surface area (Å²) in [6, 6.07) is 0. The predicted molar refractivity (Wildman–Crippen MR) is 53.3 cm³/mol. The van der Waals surface area contributed by atoms with Crippen LogP contribution in [0.2, 0.25) is 0 Å². The summed E-state index contributed by atoms with van der Waals surface area (Å²) in [7, 11) is 3.34. The minimum atomic E-state index is 0.0777. The molecular formula is C8H14N2O2S. The van der Waals surface area contributed by atoms with Gasteiger partial charge in [-0.15, -0.1) is 11.3 Å². The van der Waals surface area contributed by atoms with E-state index in [4.69, 9.17) is 9.47 Å². The number of aromatic nitrogens is 1. The normalized spacial score (nSPS) is 12.8. The van der Waals surface area contributed by atoms with Crippen molar-refractivity contribution in [2.24, 2.45) is 0 Å². The molecule has 0 amide bonds. The molecule has 13 heavy (non-hydrogen) atoms. The first-order valence-corrected chi connectivity index (χ1v) is 4.90. The molecule has 0 saturated heterocycles. The lowest BCUT2D eigenvalue weighted by Crippen LogP contribution is -2.26. The van der Waals surface area contributed by atoms with Crippen molar-refractivity contribution in [3.8, 4) is 0 Å². The van der Waals surface area contributed by atoms with Crippen molar-refractivity contribution in [1.82, 2.24) is 4.98 Å². The minimum Gasteiger partial charge on any atom is -0.382 e. The molecule has 1 heterocycles. The number of rotatable bonds is 6. The quantitative estimate of drug-likeness (QED) is 0.753. The summed E-state index contributed by atoms with van der Waals surface area (Å²) < 4.78 is 10.2. The largest absolute Gasteiger partial charge is 0.382 e. The SMILES string of the molecule is COCC(CNc1nccs1)OC. The molecule has 1 unspecified atom stereocenters. The number of hydrogen-bond acceptors (Lipinski definition) is 5. The lowest BCUT2D eigenvalue weighted by molar-refractivity contribution is 0.0365. The fourth-order valence-corrected chi connectivity index (χ4v) is 1.45. The van der Waals surface area contributed by atoms with Crippen LogP contribution < -0.4 is 5.32 Å². The Bertz CT molecular complexity index is 216. The Morgan fingerprint density at radius 1 is 1.62 bits per heavy atom. The zero-order valence-electron chi connectivity index (χ0n) is 7.82. The summed E-state index contributed by atoms with van der Waals surface area (Å²) >= 11 is 1.57. The van der Waals surface area contributed by atoms with Crippen LogP contribution in [-0.4, -0.2) is 38.5 Å². The highest BCUT2D eigenvalue weighted by molar-refractivity contribution is 7.13. The van der Waals surface area contributed by atoms with Crippen LogP contribution >= 0.6 is 11.3 Å². The molecule has 0 aromatic carbocycles. The summed E-state index contributed by atoms with van der Waals surface area (Å²) in [4.78, 5) is 4.09. The van der Waals surface area contributed by atoms with Crippen molar-refractivity contribution >= 4 is 16.5 Å². The second-order valence-corrected chi connectivity index (χ2v) is 3.43. The number of anilines is 1. The van der Waals surface area contributed by atoms with Gasteiger partial charge in [-0.3, -0.25) is 0 Å². The molecule has 0 aliphatic carbocycles. The predicted octanol–water partition coefficient (Wildman–Crippen LogP) is 1.22. The maximum Gasteiger partial charge on any atom is 0.182 e. The highest BCUT2D eigenvalue weighted by Crippen LogP contribution is 2.10. The van der Waals surface area contributed by atoms with E-state index in [9.17, 15) is 0 Å². The first-order chi connectivity index (χ1) is 6.36. The topological polar surface area (TPSA) is 43.4 Å². The molecule has 0 saturated carbocycles. The van der Waals surface area contributed by atoms with E-state index in [0.29, 0.717) is 6.61 Å². The number of hydrogen-bond donors (Lipinski definition) is 1. The molecule has 1 aromatic heterocycles. The van der Waals surface area contributed by atoms with Crippen molar-refractivity contribution in [2.45, 2.75) is 6.10 Å². The Hall–Kier alpha value is -0.650. The van der Waals surface area contributed by atoms with Crippen LogP contribution in [-0.2, 0) is 9.47 Å². The van der Waals surface area contributed by atoms with Crippen LogP contribution in [0.5, 0.6) is 0 Å². The second-order valence-electron chi connectivity index (χ2n) is 2.53.